The number of carbonyl (C=O) groups is 3. The topological polar surface area (TPSA) is 78.9 Å². The molecule has 0 fully saturated rings. The first kappa shape index (κ1) is 21.9. The number of hydrogen-bond donors (Lipinski definition) is 0. The van der Waals surface area contributed by atoms with Crippen LogP contribution in [0.15, 0.2) is 54.6 Å². The monoisotopic (exact) mass is 396 g/mol. The summed E-state index contributed by atoms with van der Waals surface area (Å²) in [6.07, 6.45) is 2.72. The van der Waals surface area contributed by atoms with Gasteiger partial charge in [-0.3, -0.25) is 14.4 Å². The van der Waals surface area contributed by atoms with Gasteiger partial charge < -0.3 is 14.2 Å². The number of rotatable bonds is 10. The zero-order valence-electron chi connectivity index (χ0n) is 16.7. The van der Waals surface area contributed by atoms with E-state index < -0.39 is 23.5 Å². The molecule has 0 aliphatic carbocycles. The van der Waals surface area contributed by atoms with E-state index in [2.05, 4.69) is 0 Å². The minimum atomic E-state index is -1.45. The second kappa shape index (κ2) is 10.8. The molecule has 0 aromatic heterocycles. The van der Waals surface area contributed by atoms with Crippen LogP contribution in [0.3, 0.4) is 0 Å². The first-order valence-corrected chi connectivity index (χ1v) is 9.20. The van der Waals surface area contributed by atoms with Crippen molar-refractivity contribution in [3.8, 4) is 11.5 Å². The van der Waals surface area contributed by atoms with Crippen LogP contribution in [0.2, 0.25) is 0 Å². The van der Waals surface area contributed by atoms with Crippen LogP contribution in [0, 0.1) is 5.92 Å². The maximum atomic E-state index is 12.3. The third-order valence-electron chi connectivity index (χ3n) is 4.08. The molecule has 6 nitrogen and oxygen atoms in total. The van der Waals surface area contributed by atoms with E-state index in [0.29, 0.717) is 23.7 Å². The Hall–Kier alpha value is -3.41. The maximum Gasteiger partial charge on any atom is 0.324 e. The van der Waals surface area contributed by atoms with Gasteiger partial charge in [-0.25, -0.2) is 0 Å². The van der Waals surface area contributed by atoms with E-state index in [-0.39, 0.29) is 6.61 Å². The fraction of sp³-hybridized carbons (Fsp3) is 0.261. The van der Waals surface area contributed by atoms with Gasteiger partial charge in [-0.2, -0.15) is 0 Å². The number of ether oxygens (including phenoxy) is 3. The molecule has 0 amide bonds. The molecule has 6 heteroatoms. The molecule has 0 radical (unpaired) electrons. The van der Waals surface area contributed by atoms with Crippen LogP contribution in [-0.4, -0.2) is 31.3 Å². The highest BCUT2D eigenvalue weighted by atomic mass is 16.5. The van der Waals surface area contributed by atoms with Gasteiger partial charge in [0.2, 0.25) is 0 Å². The molecule has 0 bridgehead atoms. The number of allylic oxidation sites excluding steroid dienone is 1. The van der Waals surface area contributed by atoms with E-state index in [9.17, 15) is 14.4 Å². The molecule has 2 aromatic rings. The molecular formula is C23H24O6. The van der Waals surface area contributed by atoms with Crippen LogP contribution in [0.1, 0.15) is 25.0 Å². The lowest BCUT2D eigenvalue weighted by Gasteiger charge is -2.12. The number of hydrogen-bond acceptors (Lipinski definition) is 6. The smallest absolute Gasteiger partial charge is 0.324 e. The summed E-state index contributed by atoms with van der Waals surface area (Å²) in [4.78, 5) is 35.9. The Bertz CT molecular complexity index is 885. The zero-order chi connectivity index (χ0) is 21.2. The largest absolute Gasteiger partial charge is 0.493 e. The summed E-state index contributed by atoms with van der Waals surface area (Å²) in [6, 6.07) is 14.9. The van der Waals surface area contributed by atoms with Crippen molar-refractivity contribution in [1.29, 1.82) is 0 Å². The van der Waals surface area contributed by atoms with Crippen molar-refractivity contribution in [3.05, 3.63) is 65.7 Å². The molecule has 152 valence electrons. The molecule has 0 saturated heterocycles. The van der Waals surface area contributed by atoms with Gasteiger partial charge in [0.15, 0.2) is 29.0 Å². The third kappa shape index (κ3) is 6.31. The van der Waals surface area contributed by atoms with Crippen LogP contribution >= 0.6 is 0 Å². The van der Waals surface area contributed by atoms with Gasteiger partial charge in [-0.15, -0.1) is 0 Å². The van der Waals surface area contributed by atoms with Crippen molar-refractivity contribution in [2.45, 2.75) is 20.5 Å². The van der Waals surface area contributed by atoms with Crippen LogP contribution in [0.5, 0.6) is 11.5 Å². The van der Waals surface area contributed by atoms with Crippen molar-refractivity contribution in [1.82, 2.24) is 0 Å². The van der Waals surface area contributed by atoms with E-state index in [1.54, 1.807) is 32.2 Å². The Morgan fingerprint density at radius 1 is 1.03 bits per heavy atom. The number of ketones is 2. The molecule has 0 aliphatic heterocycles. The van der Waals surface area contributed by atoms with Gasteiger partial charge in [0.25, 0.3) is 0 Å². The molecule has 0 saturated carbocycles. The van der Waals surface area contributed by atoms with Gasteiger partial charge in [0.05, 0.1) is 13.7 Å². The molecule has 0 spiro atoms. The normalized spacial score (nSPS) is 11.7. The van der Waals surface area contributed by atoms with Crippen molar-refractivity contribution in [2.24, 2.45) is 5.92 Å². The second-order valence-electron chi connectivity index (χ2n) is 6.22. The van der Waals surface area contributed by atoms with Crippen LogP contribution < -0.4 is 9.47 Å². The molecule has 1 atom stereocenters. The predicted octanol–water partition coefficient (Wildman–Crippen LogP) is 3.62. The lowest BCUT2D eigenvalue weighted by Crippen LogP contribution is -2.30. The maximum absolute atomic E-state index is 12.3. The summed E-state index contributed by atoms with van der Waals surface area (Å²) in [5.41, 5.74) is 1.66. The van der Waals surface area contributed by atoms with Crippen molar-refractivity contribution < 1.29 is 28.6 Å². The first-order chi connectivity index (χ1) is 14.0. The van der Waals surface area contributed by atoms with E-state index in [1.165, 1.54) is 19.1 Å². The average molecular weight is 396 g/mol. The second-order valence-corrected chi connectivity index (χ2v) is 6.22. The SMILES string of the molecule is CCOC(=O)C(C(C)=O)C(=O)C=Cc1ccc(OC)c(OCc2ccccc2)c1. The molecule has 0 aliphatic rings. The van der Waals surface area contributed by atoms with Gasteiger partial charge in [-0.05, 0) is 43.2 Å². The van der Waals surface area contributed by atoms with Gasteiger partial charge in [-0.1, -0.05) is 42.5 Å². The third-order valence-corrected chi connectivity index (χ3v) is 4.08. The van der Waals surface area contributed by atoms with Crippen molar-refractivity contribution in [3.63, 3.8) is 0 Å². The first-order valence-electron chi connectivity index (χ1n) is 9.20. The summed E-state index contributed by atoms with van der Waals surface area (Å²) >= 11 is 0. The fourth-order valence-electron chi connectivity index (χ4n) is 2.63. The lowest BCUT2D eigenvalue weighted by atomic mass is 9.99. The fourth-order valence-corrected chi connectivity index (χ4v) is 2.63. The summed E-state index contributed by atoms with van der Waals surface area (Å²) in [5, 5.41) is 0. The van der Waals surface area contributed by atoms with E-state index in [4.69, 9.17) is 14.2 Å². The standard InChI is InChI=1S/C23H24O6/c1-4-28-23(26)22(16(2)24)19(25)12-10-17-11-13-20(27-3)21(14-17)29-15-18-8-6-5-7-9-18/h5-14,22H,4,15H2,1-3H3. The molecule has 0 N–H and O–H groups in total. The molecule has 2 rings (SSSR count). The van der Waals surface area contributed by atoms with Crippen molar-refractivity contribution in [2.75, 3.05) is 13.7 Å². The molecule has 0 heterocycles. The van der Waals surface area contributed by atoms with Crippen LogP contribution in [0.4, 0.5) is 0 Å². The number of carbonyl (C=O) groups excluding carboxylic acids is 3. The molecule has 2 aromatic carbocycles. The summed E-state index contributed by atoms with van der Waals surface area (Å²) < 4.78 is 16.0. The van der Waals surface area contributed by atoms with Gasteiger partial charge >= 0.3 is 5.97 Å². The Kier molecular flexibility index (Phi) is 8.15. The molecule has 29 heavy (non-hydrogen) atoms. The summed E-state index contributed by atoms with van der Waals surface area (Å²) in [5.74, 6) is -2.40. The Morgan fingerprint density at radius 3 is 2.38 bits per heavy atom. The summed E-state index contributed by atoms with van der Waals surface area (Å²) in [7, 11) is 1.54. The Balaban J connectivity index is 2.16. The van der Waals surface area contributed by atoms with E-state index in [0.717, 1.165) is 5.56 Å². The van der Waals surface area contributed by atoms with Crippen LogP contribution in [0.25, 0.3) is 6.08 Å². The average Bonchev–Trinajstić information content (AvgIpc) is 2.71. The number of benzene rings is 2. The van der Waals surface area contributed by atoms with Gasteiger partial charge in [0.1, 0.15) is 6.61 Å². The van der Waals surface area contributed by atoms with Gasteiger partial charge in [0, 0.05) is 0 Å². The molecular weight excluding hydrogens is 372 g/mol. The van der Waals surface area contributed by atoms with E-state index in [1.807, 2.05) is 30.3 Å². The van der Waals surface area contributed by atoms with E-state index >= 15 is 0 Å². The minimum absolute atomic E-state index is 0.0974. The Labute approximate surface area is 170 Å². The quantitative estimate of drug-likeness (QED) is 0.347. The van der Waals surface area contributed by atoms with Crippen molar-refractivity contribution >= 4 is 23.6 Å². The highest BCUT2D eigenvalue weighted by molar-refractivity contribution is 6.20. The zero-order valence-corrected chi connectivity index (χ0v) is 16.7. The number of esters is 1. The summed E-state index contributed by atoms with van der Waals surface area (Å²) in [6.45, 7) is 3.26. The number of Topliss-reactive ketones (excluding diaryl/α,β-unsaturated/α-hetero) is 1. The number of methoxy groups -OCH3 is 1. The minimum Gasteiger partial charge on any atom is -0.493 e. The predicted molar refractivity (Wildman–Crippen MR) is 109 cm³/mol. The highest BCUT2D eigenvalue weighted by Crippen LogP contribution is 2.29. The lowest BCUT2D eigenvalue weighted by molar-refractivity contribution is -0.153. The van der Waals surface area contributed by atoms with Crippen LogP contribution in [-0.2, 0) is 25.7 Å². The highest BCUT2D eigenvalue weighted by Gasteiger charge is 2.30. The molecule has 1 unspecified atom stereocenters. The Morgan fingerprint density at radius 2 is 1.76 bits per heavy atom.